The number of carbonyl (C=O) groups is 1. The lowest BCUT2D eigenvalue weighted by molar-refractivity contribution is 0.0731. The van der Waals surface area contributed by atoms with Gasteiger partial charge in [-0.2, -0.15) is 0 Å². The monoisotopic (exact) mass is 420 g/mol. The quantitative estimate of drug-likeness (QED) is 0.606. The molecule has 3 heterocycles. The lowest BCUT2D eigenvalue weighted by Crippen LogP contribution is -2.40. The minimum atomic E-state index is -0.286. The maximum absolute atomic E-state index is 13.3. The molecule has 3 aromatic rings. The molecule has 2 aromatic heterocycles. The van der Waals surface area contributed by atoms with Crippen LogP contribution in [0.15, 0.2) is 52.5 Å². The number of aryl methyl sites for hydroxylation is 2. The first-order valence-electron chi connectivity index (χ1n) is 9.89. The molecular weight excluding hydrogens is 396 g/mol. The molecule has 0 bridgehead atoms. The molecule has 0 radical (unpaired) electrons. The second-order valence-electron chi connectivity index (χ2n) is 7.57. The summed E-state index contributed by atoms with van der Waals surface area (Å²) in [4.78, 5) is 38.0. The van der Waals surface area contributed by atoms with Gasteiger partial charge in [-0.05, 0) is 61.4 Å². The van der Waals surface area contributed by atoms with Crippen LogP contribution in [0.25, 0.3) is 0 Å². The summed E-state index contributed by atoms with van der Waals surface area (Å²) < 4.78 is 1.53. The van der Waals surface area contributed by atoms with E-state index in [0.717, 1.165) is 17.7 Å². The minimum Gasteiger partial charge on any atom is -0.334 e. The summed E-state index contributed by atoms with van der Waals surface area (Å²) in [6.45, 7) is 5.10. The van der Waals surface area contributed by atoms with Crippen LogP contribution in [-0.4, -0.2) is 38.1 Å². The van der Waals surface area contributed by atoms with Crippen LogP contribution in [0.2, 0.25) is 0 Å². The average Bonchev–Trinajstić information content (AvgIpc) is 2.76. The summed E-state index contributed by atoms with van der Waals surface area (Å²) in [5.41, 5.74) is 4.58. The normalized spacial score (nSPS) is 13.2. The van der Waals surface area contributed by atoms with Crippen LogP contribution >= 0.6 is 11.8 Å². The zero-order chi connectivity index (χ0) is 21.3. The van der Waals surface area contributed by atoms with Crippen LogP contribution in [0, 0.1) is 13.8 Å². The lowest BCUT2D eigenvalue weighted by Gasteiger charge is -2.29. The van der Waals surface area contributed by atoms with Crippen LogP contribution in [-0.2, 0) is 19.5 Å². The zero-order valence-electron chi connectivity index (χ0n) is 17.4. The lowest BCUT2D eigenvalue weighted by atomic mass is 9.99. The fourth-order valence-electron chi connectivity index (χ4n) is 3.71. The smallest absolute Gasteiger partial charge is 0.264 e. The highest BCUT2D eigenvalue weighted by Gasteiger charge is 2.26. The Balaban J connectivity index is 1.60. The fraction of sp³-hybridized carbons (Fsp3) is 0.304. The van der Waals surface area contributed by atoms with Crippen molar-refractivity contribution in [3.63, 3.8) is 0 Å². The van der Waals surface area contributed by atoms with Gasteiger partial charge >= 0.3 is 0 Å². The van der Waals surface area contributed by atoms with Crippen molar-refractivity contribution in [3.8, 4) is 0 Å². The Morgan fingerprint density at radius 1 is 1.13 bits per heavy atom. The van der Waals surface area contributed by atoms with E-state index in [-0.39, 0.29) is 23.6 Å². The van der Waals surface area contributed by atoms with Crippen molar-refractivity contribution >= 4 is 17.7 Å². The highest BCUT2D eigenvalue weighted by atomic mass is 32.2. The Kier molecular flexibility index (Phi) is 5.72. The predicted molar refractivity (Wildman–Crippen MR) is 118 cm³/mol. The maximum atomic E-state index is 13.3. The molecule has 30 heavy (non-hydrogen) atoms. The third-order valence-electron chi connectivity index (χ3n) is 5.47. The molecule has 7 heteroatoms. The second-order valence-corrected chi connectivity index (χ2v) is 8.45. The first-order chi connectivity index (χ1) is 14.5. The van der Waals surface area contributed by atoms with E-state index in [2.05, 4.69) is 34.4 Å². The minimum absolute atomic E-state index is 0.207. The van der Waals surface area contributed by atoms with Crippen molar-refractivity contribution in [2.24, 2.45) is 0 Å². The standard InChI is InChI=1S/C23H24N4O2S/c1-15-6-8-27(14-19-12-24-16(2)11-25-19)23(29)21(15)22(28)26-9-7-17-10-20(30-3)5-4-18(17)13-26/h4-6,8,10-12H,7,9,13-14H2,1-3H3. The first kappa shape index (κ1) is 20.3. The molecule has 154 valence electrons. The van der Waals surface area contributed by atoms with Crippen LogP contribution in [0.3, 0.4) is 0 Å². The number of thioether (sulfide) groups is 1. The predicted octanol–water partition coefficient (Wildman–Crippen LogP) is 3.22. The van der Waals surface area contributed by atoms with Gasteiger partial charge in [-0.15, -0.1) is 11.8 Å². The average molecular weight is 421 g/mol. The van der Waals surface area contributed by atoms with Gasteiger partial charge in [-0.25, -0.2) is 0 Å². The van der Waals surface area contributed by atoms with E-state index in [4.69, 9.17) is 0 Å². The number of hydrogen-bond acceptors (Lipinski definition) is 5. The van der Waals surface area contributed by atoms with Gasteiger partial charge in [0.15, 0.2) is 0 Å². The molecule has 1 aliphatic heterocycles. The van der Waals surface area contributed by atoms with E-state index in [1.165, 1.54) is 15.0 Å². The van der Waals surface area contributed by atoms with Crippen molar-refractivity contribution in [2.45, 2.75) is 38.3 Å². The molecule has 0 N–H and O–H groups in total. The number of nitrogens with zero attached hydrogens (tertiary/aromatic N) is 4. The summed E-state index contributed by atoms with van der Waals surface area (Å²) in [5, 5.41) is 0. The number of hydrogen-bond donors (Lipinski definition) is 0. The molecule has 1 aliphatic rings. The van der Waals surface area contributed by atoms with Gasteiger partial charge in [-0.3, -0.25) is 19.6 Å². The summed E-state index contributed by atoms with van der Waals surface area (Å²) in [6.07, 6.45) is 7.91. The Labute approximate surface area is 180 Å². The van der Waals surface area contributed by atoms with E-state index in [1.54, 1.807) is 35.3 Å². The summed E-state index contributed by atoms with van der Waals surface area (Å²) in [6, 6.07) is 8.19. The van der Waals surface area contributed by atoms with E-state index in [1.807, 2.05) is 19.9 Å². The van der Waals surface area contributed by atoms with Crippen LogP contribution in [0.1, 0.15) is 38.4 Å². The van der Waals surface area contributed by atoms with E-state index >= 15 is 0 Å². The third kappa shape index (κ3) is 4.03. The number of benzene rings is 1. The molecule has 0 aliphatic carbocycles. The van der Waals surface area contributed by atoms with Gasteiger partial charge < -0.3 is 9.47 Å². The molecule has 6 nitrogen and oxygen atoms in total. The summed E-state index contributed by atoms with van der Waals surface area (Å²) >= 11 is 1.72. The molecule has 0 saturated heterocycles. The molecule has 0 fully saturated rings. The Morgan fingerprint density at radius 2 is 1.97 bits per heavy atom. The highest BCUT2D eigenvalue weighted by Crippen LogP contribution is 2.25. The van der Waals surface area contributed by atoms with Crippen molar-refractivity contribution in [1.82, 2.24) is 19.4 Å². The molecule has 1 amide bonds. The van der Waals surface area contributed by atoms with Gasteiger partial charge in [0.05, 0.1) is 24.1 Å². The largest absolute Gasteiger partial charge is 0.334 e. The third-order valence-corrected chi connectivity index (χ3v) is 6.19. The van der Waals surface area contributed by atoms with Crippen LogP contribution in [0.5, 0.6) is 0 Å². The number of aromatic nitrogens is 3. The van der Waals surface area contributed by atoms with Crippen LogP contribution in [0.4, 0.5) is 0 Å². The number of pyridine rings is 1. The van der Waals surface area contributed by atoms with Gasteiger partial charge in [0, 0.05) is 30.4 Å². The SMILES string of the molecule is CSc1ccc2c(c1)CCN(C(=O)c1c(C)ccn(Cc3cnc(C)cn3)c1=O)C2. The van der Waals surface area contributed by atoms with Crippen LogP contribution < -0.4 is 5.56 Å². The highest BCUT2D eigenvalue weighted by molar-refractivity contribution is 7.98. The molecule has 1 aromatic carbocycles. The molecular formula is C23H24N4O2S. The van der Waals surface area contributed by atoms with Crippen molar-refractivity contribution < 1.29 is 4.79 Å². The van der Waals surface area contributed by atoms with Gasteiger partial charge in [-0.1, -0.05) is 6.07 Å². The Hall–Kier alpha value is -2.93. The van der Waals surface area contributed by atoms with Crippen molar-refractivity contribution in [3.05, 3.63) is 86.9 Å². The van der Waals surface area contributed by atoms with Gasteiger partial charge in [0.1, 0.15) is 5.56 Å². The topological polar surface area (TPSA) is 68.1 Å². The Bertz CT molecular complexity index is 1150. The molecule has 0 unspecified atom stereocenters. The number of carbonyl (C=O) groups excluding carboxylic acids is 1. The molecule has 4 rings (SSSR count). The van der Waals surface area contributed by atoms with Gasteiger partial charge in [0.25, 0.3) is 11.5 Å². The fourth-order valence-corrected chi connectivity index (χ4v) is 4.18. The first-order valence-corrected chi connectivity index (χ1v) is 11.1. The summed E-state index contributed by atoms with van der Waals surface area (Å²) in [7, 11) is 0. The molecule has 0 spiro atoms. The second kappa shape index (κ2) is 8.44. The summed E-state index contributed by atoms with van der Waals surface area (Å²) in [5.74, 6) is -0.207. The number of amides is 1. The van der Waals surface area contributed by atoms with E-state index in [0.29, 0.717) is 24.3 Å². The molecule has 0 atom stereocenters. The number of fused-ring (bicyclic) bond motifs is 1. The molecule has 0 saturated carbocycles. The van der Waals surface area contributed by atoms with E-state index in [9.17, 15) is 9.59 Å². The van der Waals surface area contributed by atoms with Crippen molar-refractivity contribution in [1.29, 1.82) is 0 Å². The zero-order valence-corrected chi connectivity index (χ0v) is 18.2. The van der Waals surface area contributed by atoms with E-state index < -0.39 is 0 Å². The number of rotatable bonds is 4. The van der Waals surface area contributed by atoms with Crippen molar-refractivity contribution in [2.75, 3.05) is 12.8 Å². The maximum Gasteiger partial charge on any atom is 0.264 e. The Morgan fingerprint density at radius 3 is 2.70 bits per heavy atom. The van der Waals surface area contributed by atoms with Gasteiger partial charge in [0.2, 0.25) is 0 Å².